The molecule has 0 aromatic heterocycles. The summed E-state index contributed by atoms with van der Waals surface area (Å²) in [5, 5.41) is 13.9. The molecule has 0 aliphatic carbocycles. The van der Waals surface area contributed by atoms with Crippen molar-refractivity contribution < 1.29 is 13.5 Å². The quantitative estimate of drug-likeness (QED) is 0.719. The van der Waals surface area contributed by atoms with Crippen molar-refractivity contribution in [2.24, 2.45) is 0 Å². The molecule has 0 aliphatic heterocycles. The van der Waals surface area contributed by atoms with Crippen LogP contribution >= 0.6 is 0 Å². The summed E-state index contributed by atoms with van der Waals surface area (Å²) in [7, 11) is -3.27. The monoisotopic (exact) mass is 348 g/mol. The van der Waals surface area contributed by atoms with Crippen LogP contribution in [0.2, 0.25) is 0 Å². The number of aliphatic hydroxyl groups is 1. The van der Waals surface area contributed by atoms with Crippen LogP contribution in [0.1, 0.15) is 31.0 Å². The number of anilines is 1. The summed E-state index contributed by atoms with van der Waals surface area (Å²) in [6.45, 7) is 4.18. The molecule has 0 spiro atoms. The second kappa shape index (κ2) is 7.34. The molecule has 0 unspecified atom stereocenters. The fourth-order valence-corrected chi connectivity index (χ4v) is 2.99. The minimum Gasteiger partial charge on any atom is -0.384 e. The van der Waals surface area contributed by atoms with E-state index in [1.165, 1.54) is 0 Å². The lowest BCUT2D eigenvalue weighted by Crippen LogP contribution is -2.36. The van der Waals surface area contributed by atoms with Crippen molar-refractivity contribution in [2.75, 3.05) is 17.5 Å². The van der Waals surface area contributed by atoms with E-state index in [0.717, 1.165) is 17.4 Å². The molecule has 130 valence electrons. The van der Waals surface area contributed by atoms with Crippen LogP contribution in [0.5, 0.6) is 0 Å². The molecular weight excluding hydrogens is 324 g/mol. The van der Waals surface area contributed by atoms with Crippen molar-refractivity contribution in [1.82, 2.24) is 5.32 Å². The van der Waals surface area contributed by atoms with Gasteiger partial charge in [0.15, 0.2) is 0 Å². The summed E-state index contributed by atoms with van der Waals surface area (Å²) in [6.07, 6.45) is 1.12. The molecule has 0 bridgehead atoms. The minimum atomic E-state index is -3.27. The first-order valence-electron chi connectivity index (χ1n) is 7.76. The molecule has 2 atom stereocenters. The zero-order valence-corrected chi connectivity index (χ0v) is 15.0. The van der Waals surface area contributed by atoms with Crippen molar-refractivity contribution in [3.05, 3.63) is 65.7 Å². The molecule has 2 rings (SSSR count). The molecule has 3 N–H and O–H groups in total. The Morgan fingerprint density at radius 3 is 2.21 bits per heavy atom. The highest BCUT2D eigenvalue weighted by atomic mass is 32.2. The van der Waals surface area contributed by atoms with Crippen LogP contribution in [0.3, 0.4) is 0 Å². The summed E-state index contributed by atoms with van der Waals surface area (Å²) in [5.74, 6) is 0. The molecular formula is C18H24N2O3S. The van der Waals surface area contributed by atoms with Crippen LogP contribution in [0.15, 0.2) is 54.6 Å². The molecule has 24 heavy (non-hydrogen) atoms. The van der Waals surface area contributed by atoms with Crippen LogP contribution in [0.4, 0.5) is 5.69 Å². The Bertz CT molecular complexity index is 757. The number of benzene rings is 2. The van der Waals surface area contributed by atoms with Gasteiger partial charge in [-0.1, -0.05) is 42.5 Å². The van der Waals surface area contributed by atoms with Crippen molar-refractivity contribution in [3.8, 4) is 0 Å². The summed E-state index contributed by atoms with van der Waals surface area (Å²) < 4.78 is 24.9. The van der Waals surface area contributed by atoms with Crippen LogP contribution in [0.25, 0.3) is 0 Å². The Morgan fingerprint density at radius 1 is 1.08 bits per heavy atom. The number of hydrogen-bond donors (Lipinski definition) is 3. The van der Waals surface area contributed by atoms with Gasteiger partial charge in [0.25, 0.3) is 0 Å². The highest BCUT2D eigenvalue weighted by Gasteiger charge is 2.23. The predicted octanol–water partition coefficient (Wildman–Crippen LogP) is 2.62. The standard InChI is InChI=1S/C18H24N2O3S/c1-14(15-9-11-17(12-10-15)20-24(3,22)23)19-13-18(2,21)16-7-5-4-6-8-16/h4-12,14,19-21H,13H2,1-3H3/t14-,18+/m1/s1. The second-order valence-corrected chi connectivity index (χ2v) is 7.99. The van der Waals surface area contributed by atoms with Crippen molar-refractivity contribution in [2.45, 2.75) is 25.5 Å². The largest absolute Gasteiger partial charge is 0.384 e. The number of sulfonamides is 1. The van der Waals surface area contributed by atoms with E-state index in [-0.39, 0.29) is 6.04 Å². The zero-order valence-electron chi connectivity index (χ0n) is 14.2. The maximum atomic E-state index is 11.2. The van der Waals surface area contributed by atoms with Gasteiger partial charge < -0.3 is 10.4 Å². The summed E-state index contributed by atoms with van der Waals surface area (Å²) in [5.41, 5.74) is 1.44. The molecule has 0 saturated carbocycles. The first-order valence-corrected chi connectivity index (χ1v) is 9.65. The van der Waals surface area contributed by atoms with Crippen LogP contribution in [0, 0.1) is 0 Å². The summed E-state index contributed by atoms with van der Waals surface area (Å²) >= 11 is 0. The first kappa shape index (κ1) is 18.4. The van der Waals surface area contributed by atoms with E-state index >= 15 is 0 Å². The number of hydrogen-bond acceptors (Lipinski definition) is 4. The first-order chi connectivity index (χ1) is 11.2. The maximum Gasteiger partial charge on any atom is 0.229 e. The fourth-order valence-electron chi connectivity index (χ4n) is 2.42. The van der Waals surface area contributed by atoms with Gasteiger partial charge in [0, 0.05) is 18.3 Å². The number of nitrogens with one attached hydrogen (secondary N) is 2. The van der Waals surface area contributed by atoms with E-state index in [0.29, 0.717) is 12.2 Å². The summed E-state index contributed by atoms with van der Waals surface area (Å²) in [4.78, 5) is 0. The van der Waals surface area contributed by atoms with E-state index < -0.39 is 15.6 Å². The molecule has 0 aliphatic rings. The van der Waals surface area contributed by atoms with E-state index in [1.807, 2.05) is 49.4 Å². The van der Waals surface area contributed by atoms with Crippen molar-refractivity contribution >= 4 is 15.7 Å². The van der Waals surface area contributed by atoms with Crippen LogP contribution < -0.4 is 10.0 Å². The van der Waals surface area contributed by atoms with Gasteiger partial charge in [0.05, 0.1) is 11.9 Å². The van der Waals surface area contributed by atoms with Gasteiger partial charge in [-0.3, -0.25) is 4.72 Å². The third-order valence-electron chi connectivity index (χ3n) is 3.86. The normalized spacial score (nSPS) is 15.5. The zero-order chi connectivity index (χ0) is 17.8. The molecule has 0 fully saturated rings. The maximum absolute atomic E-state index is 11.2. The Morgan fingerprint density at radius 2 is 1.67 bits per heavy atom. The Labute approximate surface area is 143 Å². The van der Waals surface area contributed by atoms with Gasteiger partial charge in [-0.05, 0) is 37.1 Å². The lowest BCUT2D eigenvalue weighted by atomic mass is 9.95. The molecule has 0 radical (unpaired) electrons. The van der Waals surface area contributed by atoms with Gasteiger partial charge in [-0.15, -0.1) is 0 Å². The lowest BCUT2D eigenvalue weighted by molar-refractivity contribution is 0.0543. The smallest absolute Gasteiger partial charge is 0.229 e. The topological polar surface area (TPSA) is 78.4 Å². The van der Waals surface area contributed by atoms with Crippen LogP contribution in [-0.4, -0.2) is 26.3 Å². The van der Waals surface area contributed by atoms with Crippen molar-refractivity contribution in [1.29, 1.82) is 0 Å². The van der Waals surface area contributed by atoms with E-state index in [1.54, 1.807) is 19.1 Å². The third-order valence-corrected chi connectivity index (χ3v) is 4.47. The Kier molecular flexibility index (Phi) is 5.64. The molecule has 0 amide bonds. The van der Waals surface area contributed by atoms with Gasteiger partial charge in [-0.2, -0.15) is 0 Å². The second-order valence-electron chi connectivity index (χ2n) is 6.24. The SMILES string of the molecule is C[C@@H](NC[C@](C)(O)c1ccccc1)c1ccc(NS(C)(=O)=O)cc1. The Balaban J connectivity index is 1.98. The van der Waals surface area contributed by atoms with E-state index in [4.69, 9.17) is 0 Å². The van der Waals surface area contributed by atoms with Gasteiger partial charge in [-0.25, -0.2) is 8.42 Å². The van der Waals surface area contributed by atoms with Gasteiger partial charge in [0.2, 0.25) is 10.0 Å². The average Bonchev–Trinajstić information content (AvgIpc) is 2.53. The third kappa shape index (κ3) is 5.33. The minimum absolute atomic E-state index is 0.0208. The molecule has 2 aromatic carbocycles. The average molecular weight is 348 g/mol. The molecule has 6 heteroatoms. The van der Waals surface area contributed by atoms with Gasteiger partial charge in [0.1, 0.15) is 0 Å². The fraction of sp³-hybridized carbons (Fsp3) is 0.333. The number of rotatable bonds is 7. The predicted molar refractivity (Wildman–Crippen MR) is 97.3 cm³/mol. The van der Waals surface area contributed by atoms with Gasteiger partial charge >= 0.3 is 0 Å². The van der Waals surface area contributed by atoms with E-state index in [9.17, 15) is 13.5 Å². The summed E-state index contributed by atoms with van der Waals surface area (Å²) in [6, 6.07) is 16.7. The molecule has 2 aromatic rings. The highest BCUT2D eigenvalue weighted by molar-refractivity contribution is 7.92. The molecule has 0 heterocycles. The van der Waals surface area contributed by atoms with Crippen LogP contribution in [-0.2, 0) is 15.6 Å². The molecule has 0 saturated heterocycles. The highest BCUT2D eigenvalue weighted by Crippen LogP contribution is 2.22. The Hall–Kier alpha value is -1.89. The van der Waals surface area contributed by atoms with E-state index in [2.05, 4.69) is 10.0 Å². The lowest BCUT2D eigenvalue weighted by Gasteiger charge is -2.26. The molecule has 5 nitrogen and oxygen atoms in total. The van der Waals surface area contributed by atoms with Crippen molar-refractivity contribution in [3.63, 3.8) is 0 Å².